The first kappa shape index (κ1) is 16.8. The van der Waals surface area contributed by atoms with Crippen LogP contribution in [-0.2, 0) is 4.79 Å². The lowest BCUT2D eigenvalue weighted by Gasteiger charge is -2.14. The quantitative estimate of drug-likeness (QED) is 0.770. The van der Waals surface area contributed by atoms with E-state index < -0.39 is 30.2 Å². The summed E-state index contributed by atoms with van der Waals surface area (Å²) in [4.78, 5) is 48.4. The van der Waals surface area contributed by atoms with Crippen molar-refractivity contribution in [3.8, 4) is 0 Å². The van der Waals surface area contributed by atoms with Crippen molar-refractivity contribution >= 4 is 45.3 Å². The van der Waals surface area contributed by atoms with Gasteiger partial charge in [0.2, 0.25) is 5.91 Å². The lowest BCUT2D eigenvalue weighted by atomic mass is 10.1. The predicted octanol–water partition coefficient (Wildman–Crippen LogP) is 1.05. The molecule has 25 heavy (non-hydrogen) atoms. The van der Waals surface area contributed by atoms with E-state index in [9.17, 15) is 24.3 Å². The summed E-state index contributed by atoms with van der Waals surface area (Å²) in [5, 5.41) is 13.3. The van der Waals surface area contributed by atoms with Gasteiger partial charge in [-0.3, -0.25) is 19.3 Å². The summed E-state index contributed by atoms with van der Waals surface area (Å²) >= 11 is 3.23. The maximum Gasteiger partial charge on any atom is 0.262 e. The lowest BCUT2D eigenvalue weighted by molar-refractivity contribution is -0.255. The first-order valence-electron chi connectivity index (χ1n) is 7.14. The number of amides is 3. The van der Waals surface area contributed by atoms with Gasteiger partial charge in [0, 0.05) is 10.2 Å². The van der Waals surface area contributed by atoms with E-state index in [0.717, 1.165) is 4.90 Å². The van der Waals surface area contributed by atoms with E-state index in [2.05, 4.69) is 21.2 Å². The Labute approximate surface area is 150 Å². The van der Waals surface area contributed by atoms with Gasteiger partial charge in [0.15, 0.2) is 0 Å². The second-order valence-electron chi connectivity index (χ2n) is 5.30. The first-order valence-corrected chi connectivity index (χ1v) is 7.93. The molecule has 0 spiro atoms. The van der Waals surface area contributed by atoms with Crippen LogP contribution in [0.3, 0.4) is 0 Å². The minimum absolute atomic E-state index is 0.0941. The predicted molar refractivity (Wildman–Crippen MR) is 88.9 cm³/mol. The van der Waals surface area contributed by atoms with Crippen LogP contribution in [0.5, 0.6) is 0 Å². The number of hydrogen-bond acceptors (Lipinski definition) is 5. The van der Waals surface area contributed by atoms with Crippen molar-refractivity contribution in [2.45, 2.75) is 0 Å². The molecule has 1 aliphatic rings. The van der Waals surface area contributed by atoms with Crippen LogP contribution in [-0.4, -0.2) is 35.1 Å². The van der Waals surface area contributed by atoms with Crippen molar-refractivity contribution in [2.75, 3.05) is 11.9 Å². The molecule has 0 unspecified atom stereocenters. The van der Waals surface area contributed by atoms with Crippen molar-refractivity contribution in [3.05, 3.63) is 63.6 Å². The molecule has 0 aliphatic carbocycles. The molecule has 2 aromatic rings. The topological polar surface area (TPSA) is 107 Å². The molecule has 0 saturated carbocycles. The van der Waals surface area contributed by atoms with Crippen molar-refractivity contribution in [3.63, 3.8) is 0 Å². The molecule has 7 nitrogen and oxygen atoms in total. The number of hydrogen-bond donors (Lipinski definition) is 1. The molecule has 3 amide bonds. The Hall–Kier alpha value is -3.00. The second kappa shape index (κ2) is 6.48. The largest absolute Gasteiger partial charge is 0.545 e. The fourth-order valence-corrected chi connectivity index (χ4v) is 2.84. The van der Waals surface area contributed by atoms with Gasteiger partial charge < -0.3 is 15.2 Å². The smallest absolute Gasteiger partial charge is 0.262 e. The first-order chi connectivity index (χ1) is 11.9. The van der Waals surface area contributed by atoms with Crippen LogP contribution in [0.4, 0.5) is 5.69 Å². The maximum atomic E-state index is 12.3. The van der Waals surface area contributed by atoms with Crippen LogP contribution < -0.4 is 10.4 Å². The lowest BCUT2D eigenvalue weighted by Crippen LogP contribution is -2.37. The summed E-state index contributed by atoms with van der Waals surface area (Å²) in [5.41, 5.74) is 0.598. The molecule has 0 radical (unpaired) electrons. The molecule has 0 atom stereocenters. The Morgan fingerprint density at radius 1 is 1.04 bits per heavy atom. The van der Waals surface area contributed by atoms with Gasteiger partial charge in [-0.25, -0.2) is 0 Å². The summed E-state index contributed by atoms with van der Waals surface area (Å²) in [6, 6.07) is 10.2. The number of halogens is 1. The molecule has 0 bridgehead atoms. The zero-order valence-electron chi connectivity index (χ0n) is 12.6. The molecule has 0 saturated heterocycles. The summed E-state index contributed by atoms with van der Waals surface area (Å²) < 4.78 is 0.651. The third kappa shape index (κ3) is 3.29. The minimum Gasteiger partial charge on any atom is -0.545 e. The van der Waals surface area contributed by atoms with E-state index in [1.807, 2.05) is 0 Å². The molecule has 1 aliphatic heterocycles. The third-order valence-electron chi connectivity index (χ3n) is 3.62. The van der Waals surface area contributed by atoms with Gasteiger partial charge in [0.1, 0.15) is 6.54 Å². The number of imide groups is 1. The Kier molecular flexibility index (Phi) is 4.37. The zero-order valence-corrected chi connectivity index (χ0v) is 14.2. The highest BCUT2D eigenvalue weighted by Crippen LogP contribution is 2.25. The van der Waals surface area contributed by atoms with E-state index in [0.29, 0.717) is 4.47 Å². The summed E-state index contributed by atoms with van der Waals surface area (Å²) in [5.74, 6) is -3.10. The fraction of sp³-hybridized carbons (Fsp3) is 0.0588. The Morgan fingerprint density at radius 2 is 1.76 bits per heavy atom. The van der Waals surface area contributed by atoms with E-state index in [-0.39, 0.29) is 22.4 Å². The van der Waals surface area contributed by atoms with Crippen LogP contribution in [0, 0.1) is 0 Å². The molecule has 8 heteroatoms. The molecule has 3 rings (SSSR count). The number of nitrogens with one attached hydrogen (secondary N) is 1. The molecular formula is C17H10BrN2O5-. The number of benzene rings is 2. The van der Waals surface area contributed by atoms with Gasteiger partial charge in [-0.1, -0.05) is 28.1 Å². The van der Waals surface area contributed by atoms with Crippen LogP contribution >= 0.6 is 15.9 Å². The number of carbonyl (C=O) groups is 4. The standard InChI is InChI=1S/C17H11BrN2O5/c18-10-4-5-12-13(7-10)16(23)20(15(12)22)8-14(21)19-11-3-1-2-9(6-11)17(24)25/h1-7H,8H2,(H,19,21)(H,24,25)/p-1. The summed E-state index contributed by atoms with van der Waals surface area (Å²) in [6.45, 7) is -0.473. The molecular weight excluding hydrogens is 392 g/mol. The number of carboxylic acids is 1. The zero-order chi connectivity index (χ0) is 18.1. The Balaban J connectivity index is 1.74. The van der Waals surface area contributed by atoms with Gasteiger partial charge in [-0.05, 0) is 35.9 Å². The number of nitrogens with zero attached hydrogens (tertiary/aromatic N) is 1. The van der Waals surface area contributed by atoms with Crippen LogP contribution in [0.25, 0.3) is 0 Å². The average molecular weight is 402 g/mol. The van der Waals surface area contributed by atoms with Crippen LogP contribution in [0.1, 0.15) is 31.1 Å². The molecule has 0 aromatic heterocycles. The summed E-state index contributed by atoms with van der Waals surface area (Å²) in [6.07, 6.45) is 0. The molecule has 2 aromatic carbocycles. The van der Waals surface area contributed by atoms with E-state index in [1.54, 1.807) is 6.07 Å². The van der Waals surface area contributed by atoms with E-state index in [4.69, 9.17) is 0 Å². The van der Waals surface area contributed by atoms with Gasteiger partial charge in [0.05, 0.1) is 17.1 Å². The maximum absolute atomic E-state index is 12.3. The van der Waals surface area contributed by atoms with Gasteiger partial charge >= 0.3 is 0 Å². The number of rotatable bonds is 4. The number of carboxylic acid groups (broad SMARTS) is 1. The van der Waals surface area contributed by atoms with Crippen molar-refractivity contribution in [1.29, 1.82) is 0 Å². The van der Waals surface area contributed by atoms with Crippen molar-refractivity contribution < 1.29 is 24.3 Å². The molecule has 1 heterocycles. The van der Waals surface area contributed by atoms with Crippen LogP contribution in [0.2, 0.25) is 0 Å². The monoisotopic (exact) mass is 401 g/mol. The number of carbonyl (C=O) groups excluding carboxylic acids is 4. The molecule has 0 fully saturated rings. The van der Waals surface area contributed by atoms with Gasteiger partial charge in [0.25, 0.3) is 11.8 Å². The Morgan fingerprint density at radius 3 is 2.48 bits per heavy atom. The third-order valence-corrected chi connectivity index (χ3v) is 4.11. The Bertz CT molecular complexity index is 925. The van der Waals surface area contributed by atoms with Crippen molar-refractivity contribution in [2.24, 2.45) is 0 Å². The average Bonchev–Trinajstić information content (AvgIpc) is 2.79. The fourth-order valence-electron chi connectivity index (χ4n) is 2.47. The highest BCUT2D eigenvalue weighted by Gasteiger charge is 2.36. The second-order valence-corrected chi connectivity index (χ2v) is 6.22. The molecule has 126 valence electrons. The normalized spacial score (nSPS) is 12.9. The van der Waals surface area contributed by atoms with E-state index in [1.165, 1.54) is 36.4 Å². The van der Waals surface area contributed by atoms with Gasteiger partial charge in [-0.15, -0.1) is 0 Å². The number of aromatic carboxylic acids is 1. The highest BCUT2D eigenvalue weighted by atomic mass is 79.9. The van der Waals surface area contributed by atoms with Crippen molar-refractivity contribution in [1.82, 2.24) is 4.90 Å². The van der Waals surface area contributed by atoms with E-state index >= 15 is 0 Å². The van der Waals surface area contributed by atoms with Gasteiger partial charge in [-0.2, -0.15) is 0 Å². The molecule has 1 N–H and O–H groups in total. The number of fused-ring (bicyclic) bond motifs is 1. The SMILES string of the molecule is O=C(CN1C(=O)c2ccc(Br)cc2C1=O)Nc1cccc(C(=O)[O-])c1. The number of anilines is 1. The van der Waals surface area contributed by atoms with Crippen LogP contribution in [0.15, 0.2) is 46.9 Å². The highest BCUT2D eigenvalue weighted by molar-refractivity contribution is 9.10. The summed E-state index contributed by atoms with van der Waals surface area (Å²) in [7, 11) is 0. The minimum atomic E-state index is -1.37.